The Labute approximate surface area is 110 Å². The van der Waals surface area contributed by atoms with E-state index in [4.69, 9.17) is 9.84 Å². The number of carboxylic acid groups (broad SMARTS) is 1. The molecule has 2 rings (SSSR count). The lowest BCUT2D eigenvalue weighted by molar-refractivity contribution is -0.145. The highest BCUT2D eigenvalue weighted by molar-refractivity contribution is 5.95. The number of aromatic nitrogens is 1. The summed E-state index contributed by atoms with van der Waals surface area (Å²) in [7, 11) is 1.51. The molecule has 2 N–H and O–H groups in total. The van der Waals surface area contributed by atoms with E-state index in [0.717, 1.165) is 6.42 Å². The molecule has 0 aromatic carbocycles. The Hall–Kier alpha value is -2.11. The molecule has 1 aliphatic rings. The van der Waals surface area contributed by atoms with E-state index in [9.17, 15) is 9.59 Å². The van der Waals surface area contributed by atoms with Crippen LogP contribution >= 0.6 is 0 Å². The van der Waals surface area contributed by atoms with Crippen molar-refractivity contribution in [2.24, 2.45) is 11.8 Å². The molecule has 2 unspecified atom stereocenters. The van der Waals surface area contributed by atoms with Crippen molar-refractivity contribution in [3.8, 4) is 5.88 Å². The number of hydrogen-bond donors (Lipinski definition) is 2. The fraction of sp³-hybridized carbons (Fsp3) is 0.462. The number of carboxylic acids is 1. The number of aliphatic carboxylic acids is 1. The molecule has 6 heteroatoms. The summed E-state index contributed by atoms with van der Waals surface area (Å²) in [6, 6.07) is 3.31. The number of carbonyl (C=O) groups excluding carboxylic acids is 1. The fourth-order valence-electron chi connectivity index (χ4n) is 2.38. The second-order valence-electron chi connectivity index (χ2n) is 4.56. The minimum atomic E-state index is -0.898. The molecule has 6 nitrogen and oxygen atoms in total. The molecule has 0 radical (unpaired) electrons. The Morgan fingerprint density at radius 3 is 2.68 bits per heavy atom. The summed E-state index contributed by atoms with van der Waals surface area (Å²) in [6.45, 7) is 0. The first kappa shape index (κ1) is 13.3. The highest BCUT2D eigenvalue weighted by Gasteiger charge is 2.37. The summed E-state index contributed by atoms with van der Waals surface area (Å²) in [5, 5.41) is 11.8. The lowest BCUT2D eigenvalue weighted by Crippen LogP contribution is -2.30. The average Bonchev–Trinajstić information content (AvgIpc) is 2.89. The third kappa shape index (κ3) is 3.01. The van der Waals surface area contributed by atoms with Gasteiger partial charge in [-0.15, -0.1) is 0 Å². The van der Waals surface area contributed by atoms with Crippen LogP contribution in [0, 0.1) is 11.8 Å². The number of rotatable bonds is 4. The van der Waals surface area contributed by atoms with Gasteiger partial charge < -0.3 is 15.2 Å². The van der Waals surface area contributed by atoms with E-state index in [1.807, 2.05) is 0 Å². The van der Waals surface area contributed by atoms with Crippen molar-refractivity contribution in [3.05, 3.63) is 18.3 Å². The molecule has 1 aliphatic carbocycles. The first-order valence-corrected chi connectivity index (χ1v) is 6.15. The highest BCUT2D eigenvalue weighted by atomic mass is 16.5. The van der Waals surface area contributed by atoms with Gasteiger partial charge in [0.2, 0.25) is 11.8 Å². The predicted octanol–water partition coefficient (Wildman–Crippen LogP) is 1.53. The van der Waals surface area contributed by atoms with Crippen LogP contribution in [0.15, 0.2) is 18.3 Å². The van der Waals surface area contributed by atoms with Crippen LogP contribution in [-0.2, 0) is 9.59 Å². The van der Waals surface area contributed by atoms with Gasteiger partial charge in [-0.2, -0.15) is 0 Å². The maximum atomic E-state index is 12.1. The minimum absolute atomic E-state index is 0.253. The van der Waals surface area contributed by atoms with E-state index in [1.54, 1.807) is 12.1 Å². The summed E-state index contributed by atoms with van der Waals surface area (Å²) >= 11 is 0. The molecular weight excluding hydrogens is 248 g/mol. The van der Waals surface area contributed by atoms with E-state index in [2.05, 4.69) is 10.3 Å². The first-order valence-electron chi connectivity index (χ1n) is 6.15. The Balaban J connectivity index is 2.01. The molecule has 1 fully saturated rings. The van der Waals surface area contributed by atoms with Crippen LogP contribution in [0.4, 0.5) is 5.69 Å². The largest absolute Gasteiger partial charge is 0.481 e. The number of nitrogens with one attached hydrogen (secondary N) is 1. The van der Waals surface area contributed by atoms with E-state index >= 15 is 0 Å². The van der Waals surface area contributed by atoms with Crippen LogP contribution in [0.3, 0.4) is 0 Å². The van der Waals surface area contributed by atoms with Gasteiger partial charge in [0.1, 0.15) is 0 Å². The smallest absolute Gasteiger partial charge is 0.307 e. The Morgan fingerprint density at radius 2 is 2.11 bits per heavy atom. The highest BCUT2D eigenvalue weighted by Crippen LogP contribution is 2.32. The Morgan fingerprint density at radius 1 is 1.37 bits per heavy atom. The zero-order valence-corrected chi connectivity index (χ0v) is 10.6. The Bertz CT molecular complexity index is 472. The summed E-state index contributed by atoms with van der Waals surface area (Å²) in [6.07, 6.45) is 3.44. The lowest BCUT2D eigenvalue weighted by Gasteiger charge is -2.15. The number of pyridine rings is 1. The average molecular weight is 264 g/mol. The molecule has 1 aromatic rings. The summed E-state index contributed by atoms with van der Waals surface area (Å²) in [5.74, 6) is -1.73. The number of ether oxygens (including phenoxy) is 1. The second-order valence-corrected chi connectivity index (χ2v) is 4.56. The van der Waals surface area contributed by atoms with Crippen molar-refractivity contribution in [3.63, 3.8) is 0 Å². The van der Waals surface area contributed by atoms with Crippen molar-refractivity contribution in [1.82, 2.24) is 4.98 Å². The molecule has 1 aromatic heterocycles. The van der Waals surface area contributed by atoms with Crippen molar-refractivity contribution in [2.75, 3.05) is 12.4 Å². The standard InChI is InChI=1S/C13H16N2O4/c1-19-11-6-5-8(7-14-11)15-12(16)9-3-2-4-10(9)13(17)18/h5-7,9-10H,2-4H2,1H3,(H,15,16)(H,17,18). The molecule has 2 atom stereocenters. The molecule has 1 saturated carbocycles. The number of hydrogen-bond acceptors (Lipinski definition) is 4. The molecular formula is C13H16N2O4. The predicted molar refractivity (Wildman–Crippen MR) is 67.9 cm³/mol. The van der Waals surface area contributed by atoms with E-state index in [-0.39, 0.29) is 5.91 Å². The minimum Gasteiger partial charge on any atom is -0.481 e. The van der Waals surface area contributed by atoms with E-state index < -0.39 is 17.8 Å². The quantitative estimate of drug-likeness (QED) is 0.861. The van der Waals surface area contributed by atoms with Gasteiger partial charge in [0.05, 0.1) is 30.8 Å². The van der Waals surface area contributed by atoms with Gasteiger partial charge in [0, 0.05) is 6.07 Å². The van der Waals surface area contributed by atoms with E-state index in [1.165, 1.54) is 13.3 Å². The van der Waals surface area contributed by atoms with Gasteiger partial charge in [-0.1, -0.05) is 6.42 Å². The van der Waals surface area contributed by atoms with Gasteiger partial charge in [0.15, 0.2) is 0 Å². The molecule has 1 heterocycles. The number of carbonyl (C=O) groups is 2. The Kier molecular flexibility index (Phi) is 3.99. The van der Waals surface area contributed by atoms with Gasteiger partial charge >= 0.3 is 5.97 Å². The molecule has 0 bridgehead atoms. The van der Waals surface area contributed by atoms with E-state index in [0.29, 0.717) is 24.4 Å². The topological polar surface area (TPSA) is 88.5 Å². The van der Waals surface area contributed by atoms with Crippen molar-refractivity contribution < 1.29 is 19.4 Å². The fourth-order valence-corrected chi connectivity index (χ4v) is 2.38. The van der Waals surface area contributed by atoms with Crippen molar-refractivity contribution in [2.45, 2.75) is 19.3 Å². The normalized spacial score (nSPS) is 21.9. The molecule has 0 spiro atoms. The summed E-state index contributed by atoms with van der Waals surface area (Å²) in [5.41, 5.74) is 0.543. The summed E-state index contributed by atoms with van der Waals surface area (Å²) < 4.78 is 4.92. The van der Waals surface area contributed by atoms with Gasteiger partial charge in [-0.25, -0.2) is 4.98 Å². The SMILES string of the molecule is COc1ccc(NC(=O)C2CCCC2C(=O)O)cn1. The molecule has 102 valence electrons. The van der Waals surface area contributed by atoms with Crippen molar-refractivity contribution >= 4 is 17.6 Å². The molecule has 0 aliphatic heterocycles. The van der Waals surface area contributed by atoms with Crippen LogP contribution < -0.4 is 10.1 Å². The number of methoxy groups -OCH3 is 1. The number of anilines is 1. The number of amides is 1. The third-order valence-electron chi connectivity index (χ3n) is 3.38. The third-order valence-corrected chi connectivity index (χ3v) is 3.38. The molecule has 0 saturated heterocycles. The van der Waals surface area contributed by atoms with Crippen LogP contribution in [0.5, 0.6) is 5.88 Å². The van der Waals surface area contributed by atoms with Crippen LogP contribution in [-0.4, -0.2) is 29.1 Å². The molecule has 19 heavy (non-hydrogen) atoms. The maximum absolute atomic E-state index is 12.1. The monoisotopic (exact) mass is 264 g/mol. The maximum Gasteiger partial charge on any atom is 0.307 e. The lowest BCUT2D eigenvalue weighted by atomic mass is 9.95. The van der Waals surface area contributed by atoms with Gasteiger partial charge in [0.25, 0.3) is 0 Å². The summed E-state index contributed by atoms with van der Waals surface area (Å²) in [4.78, 5) is 27.1. The first-order chi connectivity index (χ1) is 9.11. The van der Waals surface area contributed by atoms with Gasteiger partial charge in [-0.05, 0) is 18.9 Å². The number of nitrogens with zero attached hydrogens (tertiary/aromatic N) is 1. The van der Waals surface area contributed by atoms with Crippen molar-refractivity contribution in [1.29, 1.82) is 0 Å². The van der Waals surface area contributed by atoms with Crippen LogP contribution in [0.25, 0.3) is 0 Å². The zero-order chi connectivity index (χ0) is 13.8. The second kappa shape index (κ2) is 5.69. The van der Waals surface area contributed by atoms with Gasteiger partial charge in [-0.3, -0.25) is 9.59 Å². The zero-order valence-electron chi connectivity index (χ0n) is 10.6. The van der Waals surface area contributed by atoms with Crippen LogP contribution in [0.2, 0.25) is 0 Å². The molecule has 1 amide bonds. The van der Waals surface area contributed by atoms with Crippen LogP contribution in [0.1, 0.15) is 19.3 Å².